The predicted octanol–water partition coefficient (Wildman–Crippen LogP) is 1.39. The number of benzene rings is 1. The number of hydrogen-bond acceptors (Lipinski definition) is 4. The summed E-state index contributed by atoms with van der Waals surface area (Å²) in [6.07, 6.45) is 0.460. The molecule has 2 bridgehead atoms. The molecule has 1 heterocycles. The third-order valence-corrected chi connectivity index (χ3v) is 4.41. The van der Waals surface area contributed by atoms with Gasteiger partial charge in [-0.05, 0) is 31.5 Å². The van der Waals surface area contributed by atoms with Crippen LogP contribution in [0.5, 0.6) is 0 Å². The van der Waals surface area contributed by atoms with Crippen LogP contribution in [0.15, 0.2) is 24.3 Å². The van der Waals surface area contributed by atoms with Crippen molar-refractivity contribution in [3.63, 3.8) is 0 Å². The average molecular weight is 273 g/mol. The molecule has 3 rings (SSSR count). The largest absolute Gasteiger partial charge is 0.465 e. The van der Waals surface area contributed by atoms with Crippen LogP contribution in [0, 0.1) is 5.41 Å². The quantitative estimate of drug-likeness (QED) is 0.603. The van der Waals surface area contributed by atoms with E-state index in [2.05, 4.69) is 4.90 Å². The second-order valence-electron chi connectivity index (χ2n) is 5.79. The molecule has 106 valence electrons. The zero-order chi connectivity index (χ0) is 14.3. The van der Waals surface area contributed by atoms with Crippen molar-refractivity contribution in [2.45, 2.75) is 19.3 Å². The molecule has 0 saturated carbocycles. The fraction of sp³-hybridized carbons (Fsp3) is 0.500. The summed E-state index contributed by atoms with van der Waals surface area (Å²) in [5.41, 5.74) is 1.17. The number of Topliss-reactive ketones (excluding diaryl/α,β-unsaturated/α-hetero) is 1. The van der Waals surface area contributed by atoms with Crippen LogP contribution in [-0.4, -0.2) is 43.4 Å². The van der Waals surface area contributed by atoms with E-state index < -0.39 is 5.41 Å². The molecule has 0 amide bonds. The number of carbonyl (C=O) groups is 2. The molecule has 1 aromatic rings. The van der Waals surface area contributed by atoms with Crippen molar-refractivity contribution >= 4 is 11.8 Å². The Morgan fingerprint density at radius 1 is 1.45 bits per heavy atom. The summed E-state index contributed by atoms with van der Waals surface area (Å²) in [5.74, 6) is -0.535. The molecule has 0 N–H and O–H groups in total. The van der Waals surface area contributed by atoms with Crippen LogP contribution in [0.3, 0.4) is 0 Å². The predicted molar refractivity (Wildman–Crippen MR) is 74.5 cm³/mol. The van der Waals surface area contributed by atoms with Gasteiger partial charge in [-0.1, -0.05) is 24.3 Å². The molecular formula is C16H19NO3. The first kappa shape index (κ1) is 13.3. The molecule has 0 aromatic heterocycles. The van der Waals surface area contributed by atoms with Crippen LogP contribution < -0.4 is 0 Å². The summed E-state index contributed by atoms with van der Waals surface area (Å²) in [7, 11) is 1.96. The topological polar surface area (TPSA) is 46.6 Å². The minimum atomic E-state index is -1.01. The first-order valence-corrected chi connectivity index (χ1v) is 7.06. The van der Waals surface area contributed by atoms with Gasteiger partial charge in [-0.15, -0.1) is 0 Å². The minimum Gasteiger partial charge on any atom is -0.465 e. The average Bonchev–Trinajstić information content (AvgIpc) is 2.41. The molecule has 1 aliphatic carbocycles. The van der Waals surface area contributed by atoms with E-state index in [4.69, 9.17) is 4.74 Å². The molecule has 20 heavy (non-hydrogen) atoms. The van der Waals surface area contributed by atoms with Gasteiger partial charge >= 0.3 is 5.97 Å². The number of fused-ring (bicyclic) bond motifs is 4. The van der Waals surface area contributed by atoms with Crippen molar-refractivity contribution in [1.82, 2.24) is 4.90 Å². The minimum absolute atomic E-state index is 0.0350. The molecule has 4 heteroatoms. The lowest BCUT2D eigenvalue weighted by Crippen LogP contribution is -2.59. The highest BCUT2D eigenvalue weighted by molar-refractivity contribution is 6.09. The lowest BCUT2D eigenvalue weighted by Gasteiger charge is -2.46. The highest BCUT2D eigenvalue weighted by atomic mass is 16.5. The molecule has 1 aliphatic heterocycles. The molecule has 0 unspecified atom stereocenters. The fourth-order valence-electron chi connectivity index (χ4n) is 3.58. The third-order valence-electron chi connectivity index (χ3n) is 4.41. The van der Waals surface area contributed by atoms with E-state index in [1.54, 1.807) is 6.92 Å². The Morgan fingerprint density at radius 3 is 2.95 bits per heavy atom. The molecule has 2 aliphatic rings. The highest BCUT2D eigenvalue weighted by Gasteiger charge is 2.56. The number of likely N-dealkylation sites (tertiary alicyclic amines) is 1. The summed E-state index contributed by atoms with van der Waals surface area (Å²) >= 11 is 0. The summed E-state index contributed by atoms with van der Waals surface area (Å²) < 4.78 is 5.21. The number of esters is 1. The first-order valence-electron chi connectivity index (χ1n) is 7.06. The third kappa shape index (κ3) is 1.79. The lowest BCUT2D eigenvalue weighted by atomic mass is 9.63. The zero-order valence-electron chi connectivity index (χ0n) is 11.9. The smallest absolute Gasteiger partial charge is 0.321 e. The number of likely N-dealkylation sites (N-methyl/N-ethyl adjacent to an activating group) is 1. The van der Waals surface area contributed by atoms with E-state index in [-0.39, 0.29) is 17.7 Å². The van der Waals surface area contributed by atoms with Gasteiger partial charge in [0.25, 0.3) is 0 Å². The number of ketones is 1. The molecule has 1 saturated heterocycles. The van der Waals surface area contributed by atoms with Gasteiger partial charge in [0.2, 0.25) is 0 Å². The van der Waals surface area contributed by atoms with Crippen LogP contribution in [-0.2, 0) is 20.7 Å². The number of piperidine rings is 1. The van der Waals surface area contributed by atoms with E-state index in [0.29, 0.717) is 26.1 Å². The summed E-state index contributed by atoms with van der Waals surface area (Å²) in [6.45, 7) is 3.22. The monoisotopic (exact) mass is 273 g/mol. The normalized spacial score (nSPS) is 28.9. The Morgan fingerprint density at radius 2 is 2.20 bits per heavy atom. The number of ether oxygens (including phenoxy) is 1. The first-order chi connectivity index (χ1) is 9.58. The highest BCUT2D eigenvalue weighted by Crippen LogP contribution is 2.44. The Hall–Kier alpha value is -1.68. The Kier molecular flexibility index (Phi) is 3.13. The van der Waals surface area contributed by atoms with Gasteiger partial charge in [-0.3, -0.25) is 9.59 Å². The molecule has 0 spiro atoms. The molecular weight excluding hydrogens is 254 g/mol. The van der Waals surface area contributed by atoms with Crippen molar-refractivity contribution < 1.29 is 14.3 Å². The number of carbonyl (C=O) groups excluding carboxylic acids is 2. The van der Waals surface area contributed by atoms with Gasteiger partial charge < -0.3 is 9.64 Å². The fourth-order valence-corrected chi connectivity index (χ4v) is 3.58. The van der Waals surface area contributed by atoms with E-state index >= 15 is 0 Å². The van der Waals surface area contributed by atoms with E-state index in [1.807, 2.05) is 31.3 Å². The van der Waals surface area contributed by atoms with Gasteiger partial charge in [0.05, 0.1) is 12.5 Å². The maximum atomic E-state index is 12.8. The number of nitrogens with zero attached hydrogens (tertiary/aromatic N) is 1. The Labute approximate surface area is 118 Å². The van der Waals surface area contributed by atoms with Crippen LogP contribution in [0.4, 0.5) is 0 Å². The van der Waals surface area contributed by atoms with Crippen molar-refractivity contribution in [3.8, 4) is 0 Å². The number of hydrogen-bond donors (Lipinski definition) is 0. The van der Waals surface area contributed by atoms with Gasteiger partial charge in [0.1, 0.15) is 5.41 Å². The van der Waals surface area contributed by atoms with Crippen molar-refractivity contribution in [2.75, 3.05) is 26.7 Å². The molecule has 1 fully saturated rings. The van der Waals surface area contributed by atoms with Crippen LogP contribution in [0.1, 0.15) is 24.0 Å². The Balaban J connectivity index is 2.10. The summed E-state index contributed by atoms with van der Waals surface area (Å²) in [5, 5.41) is 0. The summed E-state index contributed by atoms with van der Waals surface area (Å²) in [4.78, 5) is 27.3. The van der Waals surface area contributed by atoms with Gasteiger partial charge in [0.15, 0.2) is 5.78 Å². The molecule has 0 radical (unpaired) electrons. The second-order valence-corrected chi connectivity index (χ2v) is 5.79. The van der Waals surface area contributed by atoms with E-state index in [9.17, 15) is 9.59 Å². The van der Waals surface area contributed by atoms with Crippen LogP contribution in [0.25, 0.3) is 0 Å². The molecule has 1 aromatic carbocycles. The van der Waals surface area contributed by atoms with Crippen molar-refractivity contribution in [2.24, 2.45) is 5.41 Å². The van der Waals surface area contributed by atoms with Crippen molar-refractivity contribution in [1.29, 1.82) is 0 Å². The SMILES string of the molecule is CCOC(=O)[C@]12Cc3ccccc3[C@H](CN(C)C1)C2=O. The maximum absolute atomic E-state index is 12.8. The van der Waals surface area contributed by atoms with Gasteiger partial charge in [-0.2, -0.15) is 0 Å². The van der Waals surface area contributed by atoms with Crippen molar-refractivity contribution in [3.05, 3.63) is 35.4 Å². The molecule has 2 atom stereocenters. The second kappa shape index (κ2) is 4.70. The van der Waals surface area contributed by atoms with E-state index in [1.165, 1.54) is 0 Å². The van der Waals surface area contributed by atoms with Crippen LogP contribution in [0.2, 0.25) is 0 Å². The molecule has 4 nitrogen and oxygen atoms in total. The standard InChI is InChI=1S/C16H19NO3/c1-3-20-15(19)16-8-11-6-4-5-7-12(11)13(14(16)18)9-17(2)10-16/h4-7,13H,3,8-10H2,1-2H3/t13-,16+/m0/s1. The zero-order valence-corrected chi connectivity index (χ0v) is 11.9. The van der Waals surface area contributed by atoms with E-state index in [0.717, 1.165) is 11.1 Å². The van der Waals surface area contributed by atoms with Crippen LogP contribution >= 0.6 is 0 Å². The maximum Gasteiger partial charge on any atom is 0.321 e. The lowest BCUT2D eigenvalue weighted by molar-refractivity contribution is -0.165. The van der Waals surface area contributed by atoms with Gasteiger partial charge in [0, 0.05) is 13.1 Å². The summed E-state index contributed by atoms with van der Waals surface area (Å²) in [6, 6.07) is 7.95. The van der Waals surface area contributed by atoms with Gasteiger partial charge in [-0.25, -0.2) is 0 Å². The number of rotatable bonds is 2. The Bertz CT molecular complexity index is 569.